The standard InChI is InChI=1S/C56H42N2/c1-37-29-31-42(34-48(37)44-22-16-23-45(33-44)55-57-53(40-18-6-4-7-19-40)36-54(58-55)41-20-8-5-9-21-41)43-32-30-39(3)52(35-43)56(49-26-13-10-17-38(49)2)50-27-14-11-24-46(50)47-25-12-15-28-51(47)56/h4-36H,1-3H3. The van der Waals surface area contributed by atoms with Gasteiger partial charge >= 0.3 is 0 Å². The van der Waals surface area contributed by atoms with Crippen LogP contribution in [-0.2, 0) is 5.41 Å². The van der Waals surface area contributed by atoms with E-state index in [-0.39, 0.29) is 0 Å². The minimum Gasteiger partial charge on any atom is -0.228 e. The van der Waals surface area contributed by atoms with E-state index >= 15 is 0 Å². The van der Waals surface area contributed by atoms with Crippen LogP contribution in [0.25, 0.3) is 67.3 Å². The maximum atomic E-state index is 5.14. The summed E-state index contributed by atoms with van der Waals surface area (Å²) < 4.78 is 0. The van der Waals surface area contributed by atoms with Gasteiger partial charge in [0.25, 0.3) is 0 Å². The normalized spacial score (nSPS) is 12.5. The van der Waals surface area contributed by atoms with E-state index in [0.29, 0.717) is 5.82 Å². The highest BCUT2D eigenvalue weighted by Gasteiger charge is 2.47. The van der Waals surface area contributed by atoms with Crippen molar-refractivity contribution in [1.82, 2.24) is 9.97 Å². The van der Waals surface area contributed by atoms with E-state index in [1.54, 1.807) is 0 Å². The first-order valence-corrected chi connectivity index (χ1v) is 20.1. The summed E-state index contributed by atoms with van der Waals surface area (Å²) in [6.45, 7) is 6.73. The van der Waals surface area contributed by atoms with Crippen LogP contribution in [0.5, 0.6) is 0 Å². The molecule has 0 atom stereocenters. The van der Waals surface area contributed by atoms with Crippen molar-refractivity contribution in [2.45, 2.75) is 26.2 Å². The number of fused-ring (bicyclic) bond motifs is 3. The molecule has 0 unspecified atom stereocenters. The molecular weight excluding hydrogens is 701 g/mol. The number of nitrogens with zero attached hydrogens (tertiary/aromatic N) is 2. The summed E-state index contributed by atoms with van der Waals surface area (Å²) in [4.78, 5) is 10.3. The molecule has 1 aromatic heterocycles. The van der Waals surface area contributed by atoms with E-state index < -0.39 is 5.41 Å². The highest BCUT2D eigenvalue weighted by atomic mass is 14.9. The molecule has 58 heavy (non-hydrogen) atoms. The number of benzene rings is 8. The second-order valence-electron chi connectivity index (χ2n) is 15.5. The third kappa shape index (κ3) is 5.88. The quantitative estimate of drug-likeness (QED) is 0.162. The highest BCUT2D eigenvalue weighted by molar-refractivity contribution is 5.88. The third-order valence-corrected chi connectivity index (χ3v) is 12.0. The highest BCUT2D eigenvalue weighted by Crippen LogP contribution is 2.57. The molecule has 0 spiro atoms. The maximum absolute atomic E-state index is 5.14. The Morgan fingerprint density at radius 3 is 1.40 bits per heavy atom. The summed E-state index contributed by atoms with van der Waals surface area (Å²) in [5.41, 5.74) is 20.8. The molecule has 1 aliphatic carbocycles. The number of hydrogen-bond donors (Lipinski definition) is 0. The van der Waals surface area contributed by atoms with Crippen molar-refractivity contribution < 1.29 is 0 Å². The summed E-state index contributed by atoms with van der Waals surface area (Å²) in [7, 11) is 0. The van der Waals surface area contributed by atoms with Crippen molar-refractivity contribution >= 4 is 0 Å². The Labute approximate surface area is 341 Å². The first-order chi connectivity index (χ1) is 28.5. The Kier molecular flexibility index (Phi) is 8.76. The first kappa shape index (κ1) is 35.3. The molecule has 10 rings (SSSR count). The third-order valence-electron chi connectivity index (χ3n) is 12.0. The van der Waals surface area contributed by atoms with Gasteiger partial charge in [-0.1, -0.05) is 176 Å². The zero-order valence-electron chi connectivity index (χ0n) is 32.9. The van der Waals surface area contributed by atoms with E-state index in [4.69, 9.17) is 9.97 Å². The van der Waals surface area contributed by atoms with Crippen molar-refractivity contribution in [3.05, 3.63) is 239 Å². The average Bonchev–Trinajstić information content (AvgIpc) is 3.58. The number of aromatic nitrogens is 2. The molecule has 0 amide bonds. The van der Waals surface area contributed by atoms with Crippen molar-refractivity contribution in [1.29, 1.82) is 0 Å². The van der Waals surface area contributed by atoms with E-state index in [0.717, 1.165) is 33.6 Å². The van der Waals surface area contributed by atoms with Crippen LogP contribution in [0.15, 0.2) is 200 Å². The van der Waals surface area contributed by atoms with Gasteiger partial charge in [0, 0.05) is 16.7 Å². The number of rotatable bonds is 7. The Hall–Kier alpha value is -7.16. The Morgan fingerprint density at radius 1 is 0.293 bits per heavy atom. The monoisotopic (exact) mass is 742 g/mol. The second-order valence-corrected chi connectivity index (χ2v) is 15.5. The van der Waals surface area contributed by atoms with E-state index in [1.165, 1.54) is 66.8 Å². The Bertz CT molecular complexity index is 2880. The summed E-state index contributed by atoms with van der Waals surface area (Å²) in [6.07, 6.45) is 0. The lowest BCUT2D eigenvalue weighted by molar-refractivity contribution is 0.754. The molecule has 8 aromatic carbocycles. The topological polar surface area (TPSA) is 25.8 Å². The van der Waals surface area contributed by atoms with Crippen LogP contribution >= 0.6 is 0 Å². The van der Waals surface area contributed by atoms with Gasteiger partial charge in [0.15, 0.2) is 5.82 Å². The lowest BCUT2D eigenvalue weighted by atomic mass is 9.65. The number of aryl methyl sites for hydroxylation is 3. The van der Waals surface area contributed by atoms with Gasteiger partial charge < -0.3 is 0 Å². The molecule has 9 aromatic rings. The molecular formula is C56H42N2. The molecule has 0 radical (unpaired) electrons. The van der Waals surface area contributed by atoms with Crippen molar-refractivity contribution in [2.75, 3.05) is 0 Å². The van der Waals surface area contributed by atoms with Crippen LogP contribution in [0.3, 0.4) is 0 Å². The fraction of sp³-hybridized carbons (Fsp3) is 0.0714. The molecule has 0 saturated heterocycles. The maximum Gasteiger partial charge on any atom is 0.160 e. The summed E-state index contributed by atoms with van der Waals surface area (Å²) >= 11 is 0. The SMILES string of the molecule is Cc1ccc(-c2ccc(C)c(C3(c4ccccc4C)c4ccccc4-c4ccccc43)c2)cc1-c1cccc(-c2nc(-c3ccccc3)cc(-c3ccccc3)n2)c1. The average molecular weight is 743 g/mol. The minimum absolute atomic E-state index is 0.465. The van der Waals surface area contributed by atoms with Gasteiger partial charge in [-0.05, 0) is 117 Å². The predicted molar refractivity (Wildman–Crippen MR) is 241 cm³/mol. The molecule has 2 heteroatoms. The van der Waals surface area contributed by atoms with E-state index in [2.05, 4.69) is 209 Å². The molecule has 1 aliphatic rings. The van der Waals surface area contributed by atoms with Gasteiger partial charge in [0.1, 0.15) is 0 Å². The smallest absolute Gasteiger partial charge is 0.160 e. The molecule has 1 heterocycles. The fourth-order valence-electron chi connectivity index (χ4n) is 9.19. The van der Waals surface area contributed by atoms with E-state index in [9.17, 15) is 0 Å². The van der Waals surface area contributed by atoms with Crippen molar-refractivity contribution in [3.8, 4) is 67.3 Å². The zero-order chi connectivity index (χ0) is 39.2. The van der Waals surface area contributed by atoms with E-state index in [1.807, 2.05) is 12.1 Å². The second kappa shape index (κ2) is 14.4. The summed E-state index contributed by atoms with van der Waals surface area (Å²) in [5.74, 6) is 0.706. The predicted octanol–water partition coefficient (Wildman–Crippen LogP) is 14.1. The lowest BCUT2D eigenvalue weighted by Gasteiger charge is -2.36. The van der Waals surface area contributed by atoms with Gasteiger partial charge in [0.05, 0.1) is 16.8 Å². The lowest BCUT2D eigenvalue weighted by Crippen LogP contribution is -2.30. The van der Waals surface area contributed by atoms with Crippen LogP contribution in [0, 0.1) is 20.8 Å². The van der Waals surface area contributed by atoms with Crippen molar-refractivity contribution in [3.63, 3.8) is 0 Å². The molecule has 276 valence electrons. The van der Waals surface area contributed by atoms with Gasteiger partial charge in [-0.25, -0.2) is 9.97 Å². The van der Waals surface area contributed by atoms with Crippen LogP contribution in [0.2, 0.25) is 0 Å². The zero-order valence-corrected chi connectivity index (χ0v) is 32.9. The minimum atomic E-state index is -0.465. The largest absolute Gasteiger partial charge is 0.228 e. The van der Waals surface area contributed by atoms with Gasteiger partial charge in [-0.2, -0.15) is 0 Å². The summed E-state index contributed by atoms with van der Waals surface area (Å²) in [6, 6.07) is 72.4. The first-order valence-electron chi connectivity index (χ1n) is 20.1. The Morgan fingerprint density at radius 2 is 0.776 bits per heavy atom. The molecule has 0 bridgehead atoms. The molecule has 0 fully saturated rings. The summed E-state index contributed by atoms with van der Waals surface area (Å²) in [5, 5.41) is 0. The molecule has 0 aliphatic heterocycles. The molecule has 2 nitrogen and oxygen atoms in total. The number of hydrogen-bond acceptors (Lipinski definition) is 2. The van der Waals surface area contributed by atoms with Crippen LogP contribution in [-0.4, -0.2) is 9.97 Å². The molecule has 0 saturated carbocycles. The van der Waals surface area contributed by atoms with Crippen LogP contribution in [0.1, 0.15) is 38.9 Å². The van der Waals surface area contributed by atoms with Crippen molar-refractivity contribution in [2.24, 2.45) is 0 Å². The Balaban J connectivity index is 1.11. The fourth-order valence-corrected chi connectivity index (χ4v) is 9.19. The molecule has 0 N–H and O–H groups in total. The van der Waals surface area contributed by atoms with Gasteiger partial charge in [-0.3, -0.25) is 0 Å². The van der Waals surface area contributed by atoms with Crippen LogP contribution in [0.4, 0.5) is 0 Å². The van der Waals surface area contributed by atoms with Gasteiger partial charge in [-0.15, -0.1) is 0 Å². The van der Waals surface area contributed by atoms with Gasteiger partial charge in [0.2, 0.25) is 0 Å². The van der Waals surface area contributed by atoms with Crippen LogP contribution < -0.4 is 0 Å².